The Balaban J connectivity index is 2.61. The first kappa shape index (κ1) is 14.1. The van der Waals surface area contributed by atoms with Gasteiger partial charge in [0.1, 0.15) is 11.7 Å². The number of nitrogens with zero attached hydrogens (tertiary/aromatic N) is 2. The van der Waals surface area contributed by atoms with Crippen molar-refractivity contribution >= 4 is 5.84 Å². The van der Waals surface area contributed by atoms with Gasteiger partial charge >= 0.3 is 6.18 Å². The van der Waals surface area contributed by atoms with Gasteiger partial charge in [0, 0.05) is 30.1 Å². The fourth-order valence-corrected chi connectivity index (χ4v) is 1.98. The fourth-order valence-electron chi connectivity index (χ4n) is 1.98. The van der Waals surface area contributed by atoms with Crippen molar-refractivity contribution in [2.24, 2.45) is 5.73 Å². The molecular formula is C13H13F3N4. The van der Waals surface area contributed by atoms with Crippen LogP contribution in [-0.2, 0) is 12.6 Å². The summed E-state index contributed by atoms with van der Waals surface area (Å²) in [6.45, 7) is 1.87. The Kier molecular flexibility index (Phi) is 3.52. The van der Waals surface area contributed by atoms with E-state index < -0.39 is 17.6 Å². The first-order chi connectivity index (χ1) is 9.34. The molecule has 0 atom stereocenters. The number of rotatable bonds is 3. The highest BCUT2D eigenvalue weighted by molar-refractivity contribution is 5.96. The molecule has 0 amide bonds. The van der Waals surface area contributed by atoms with Crippen molar-refractivity contribution in [3.63, 3.8) is 0 Å². The maximum atomic E-state index is 13.0. The van der Waals surface area contributed by atoms with Gasteiger partial charge in [0.15, 0.2) is 0 Å². The average molecular weight is 282 g/mol. The van der Waals surface area contributed by atoms with E-state index >= 15 is 0 Å². The van der Waals surface area contributed by atoms with Crippen LogP contribution in [0.5, 0.6) is 0 Å². The van der Waals surface area contributed by atoms with Crippen LogP contribution in [0.2, 0.25) is 0 Å². The largest absolute Gasteiger partial charge is 0.417 e. The molecule has 0 saturated heterocycles. The maximum Gasteiger partial charge on any atom is 0.417 e. The van der Waals surface area contributed by atoms with E-state index in [4.69, 9.17) is 11.1 Å². The number of alkyl halides is 3. The molecule has 0 spiro atoms. The molecule has 1 aromatic carbocycles. The third-order valence-corrected chi connectivity index (χ3v) is 2.91. The van der Waals surface area contributed by atoms with Crippen LogP contribution >= 0.6 is 0 Å². The van der Waals surface area contributed by atoms with Crippen LogP contribution in [0.15, 0.2) is 30.6 Å². The Hall–Kier alpha value is -2.31. The zero-order valence-corrected chi connectivity index (χ0v) is 10.7. The summed E-state index contributed by atoms with van der Waals surface area (Å²) < 4.78 is 40.7. The molecule has 1 heterocycles. The lowest BCUT2D eigenvalue weighted by Gasteiger charge is -2.15. The topological polar surface area (TPSA) is 67.7 Å². The Bertz CT molecular complexity index is 643. The first-order valence-corrected chi connectivity index (χ1v) is 5.92. The lowest BCUT2D eigenvalue weighted by molar-refractivity contribution is -0.137. The van der Waals surface area contributed by atoms with Crippen LogP contribution in [0.1, 0.15) is 23.9 Å². The Morgan fingerprint density at radius 1 is 1.40 bits per heavy atom. The normalized spacial score (nSPS) is 11.6. The number of nitrogens with two attached hydrogens (primary N) is 1. The number of halogens is 3. The molecule has 0 unspecified atom stereocenters. The number of imidazole rings is 1. The molecule has 0 aliphatic rings. The minimum atomic E-state index is -4.57. The second-order valence-electron chi connectivity index (χ2n) is 4.21. The first-order valence-electron chi connectivity index (χ1n) is 5.92. The molecule has 0 aliphatic heterocycles. The number of hydrogen-bond acceptors (Lipinski definition) is 2. The predicted molar refractivity (Wildman–Crippen MR) is 69.0 cm³/mol. The van der Waals surface area contributed by atoms with Crippen molar-refractivity contribution in [2.75, 3.05) is 0 Å². The van der Waals surface area contributed by atoms with Gasteiger partial charge in [0.05, 0.1) is 5.56 Å². The smallest absolute Gasteiger partial charge is 0.384 e. The van der Waals surface area contributed by atoms with E-state index in [1.54, 1.807) is 10.8 Å². The molecule has 0 saturated carbocycles. The van der Waals surface area contributed by atoms with Gasteiger partial charge in [0.2, 0.25) is 0 Å². The van der Waals surface area contributed by atoms with Gasteiger partial charge in [-0.15, -0.1) is 0 Å². The highest BCUT2D eigenvalue weighted by atomic mass is 19.4. The van der Waals surface area contributed by atoms with Crippen molar-refractivity contribution < 1.29 is 13.2 Å². The molecule has 4 nitrogen and oxygen atoms in total. The van der Waals surface area contributed by atoms with Crippen LogP contribution in [-0.4, -0.2) is 15.4 Å². The molecule has 2 rings (SSSR count). The fraction of sp³-hybridized carbons (Fsp3) is 0.231. The Morgan fingerprint density at radius 2 is 2.10 bits per heavy atom. The zero-order chi connectivity index (χ0) is 14.9. The molecule has 20 heavy (non-hydrogen) atoms. The van der Waals surface area contributed by atoms with Crippen LogP contribution in [0.4, 0.5) is 13.2 Å². The molecule has 7 heteroatoms. The van der Waals surface area contributed by atoms with Gasteiger partial charge in [-0.3, -0.25) is 5.41 Å². The summed E-state index contributed by atoms with van der Waals surface area (Å²) in [5.74, 6) is 0.0546. The molecule has 0 aliphatic carbocycles. The van der Waals surface area contributed by atoms with E-state index in [1.807, 2.05) is 6.92 Å². The lowest BCUT2D eigenvalue weighted by atomic mass is 10.0. The molecular weight excluding hydrogens is 269 g/mol. The Labute approximate surface area is 113 Å². The summed E-state index contributed by atoms with van der Waals surface area (Å²) >= 11 is 0. The van der Waals surface area contributed by atoms with Gasteiger partial charge in [-0.1, -0.05) is 6.92 Å². The summed E-state index contributed by atoms with van der Waals surface area (Å²) in [5.41, 5.74) is 4.31. The number of nitrogens with one attached hydrogen (secondary N) is 1. The highest BCUT2D eigenvalue weighted by Crippen LogP contribution is 2.33. The van der Waals surface area contributed by atoms with Gasteiger partial charge in [-0.2, -0.15) is 13.2 Å². The number of aromatic nitrogens is 2. The second-order valence-corrected chi connectivity index (χ2v) is 4.21. The molecule has 0 bridgehead atoms. The van der Waals surface area contributed by atoms with E-state index in [2.05, 4.69) is 4.98 Å². The van der Waals surface area contributed by atoms with E-state index in [0.29, 0.717) is 17.9 Å². The van der Waals surface area contributed by atoms with Crippen molar-refractivity contribution in [1.29, 1.82) is 5.41 Å². The molecule has 3 N–H and O–H groups in total. The van der Waals surface area contributed by atoms with E-state index in [1.165, 1.54) is 18.3 Å². The summed E-state index contributed by atoms with van der Waals surface area (Å²) in [4.78, 5) is 4.08. The van der Waals surface area contributed by atoms with Gasteiger partial charge in [-0.25, -0.2) is 4.98 Å². The van der Waals surface area contributed by atoms with Gasteiger partial charge < -0.3 is 10.3 Å². The summed E-state index contributed by atoms with van der Waals surface area (Å²) in [6.07, 6.45) is -0.834. The molecule has 1 aromatic heterocycles. The average Bonchev–Trinajstić information content (AvgIpc) is 2.85. The lowest BCUT2D eigenvalue weighted by Crippen LogP contribution is -2.19. The van der Waals surface area contributed by atoms with E-state index in [-0.39, 0.29) is 5.56 Å². The van der Waals surface area contributed by atoms with Crippen LogP contribution in [0.3, 0.4) is 0 Å². The van der Waals surface area contributed by atoms with Crippen LogP contribution in [0.25, 0.3) is 5.69 Å². The van der Waals surface area contributed by atoms with E-state index in [0.717, 1.165) is 6.07 Å². The maximum absolute atomic E-state index is 13.0. The van der Waals surface area contributed by atoms with Crippen molar-refractivity contribution in [2.45, 2.75) is 19.5 Å². The minimum Gasteiger partial charge on any atom is -0.384 e. The van der Waals surface area contributed by atoms with Crippen LogP contribution in [0, 0.1) is 5.41 Å². The predicted octanol–water partition coefficient (Wildman–Crippen LogP) is 2.74. The number of benzene rings is 1. The number of nitrogen functional groups attached to an aromatic ring is 1. The SMILES string of the molecule is CCc1nccn1-c1ccc(C(=N)N)c(C(F)(F)F)c1. The molecule has 106 valence electrons. The van der Waals surface area contributed by atoms with Crippen LogP contribution < -0.4 is 5.73 Å². The highest BCUT2D eigenvalue weighted by Gasteiger charge is 2.34. The molecule has 0 radical (unpaired) electrons. The standard InChI is InChI=1S/C13H13F3N4/c1-2-11-19-5-6-20(11)8-3-4-9(12(17)18)10(7-8)13(14,15)16/h3-7H,2H2,1H3,(H3,17,18). The third-order valence-electron chi connectivity index (χ3n) is 2.91. The van der Waals surface area contributed by atoms with Gasteiger partial charge in [-0.05, 0) is 18.2 Å². The number of hydrogen-bond donors (Lipinski definition) is 2. The summed E-state index contributed by atoms with van der Waals surface area (Å²) in [7, 11) is 0. The number of aryl methyl sites for hydroxylation is 1. The third kappa shape index (κ3) is 2.52. The number of amidine groups is 1. The quantitative estimate of drug-likeness (QED) is 0.671. The van der Waals surface area contributed by atoms with Gasteiger partial charge in [0.25, 0.3) is 0 Å². The van der Waals surface area contributed by atoms with Crippen molar-refractivity contribution in [3.05, 3.63) is 47.5 Å². The van der Waals surface area contributed by atoms with Crippen molar-refractivity contribution in [1.82, 2.24) is 9.55 Å². The Morgan fingerprint density at radius 3 is 2.65 bits per heavy atom. The summed E-state index contributed by atoms with van der Waals surface area (Å²) in [6, 6.07) is 3.68. The molecule has 2 aromatic rings. The summed E-state index contributed by atoms with van der Waals surface area (Å²) in [5, 5.41) is 7.24. The monoisotopic (exact) mass is 282 g/mol. The van der Waals surface area contributed by atoms with Crippen molar-refractivity contribution in [3.8, 4) is 5.69 Å². The zero-order valence-electron chi connectivity index (χ0n) is 10.7. The minimum absolute atomic E-state index is 0.320. The second kappa shape index (κ2) is 4.99. The molecule has 0 fully saturated rings. The van der Waals surface area contributed by atoms with E-state index in [9.17, 15) is 13.2 Å².